The first-order chi connectivity index (χ1) is 8.91. The van der Waals surface area contributed by atoms with E-state index in [0.29, 0.717) is 5.69 Å². The molecular weight excluding hydrogens is 318 g/mol. The molecule has 0 atom stereocenters. The van der Waals surface area contributed by atoms with Crippen LogP contribution in [0.2, 0.25) is 0 Å². The van der Waals surface area contributed by atoms with E-state index in [-0.39, 0.29) is 15.7 Å². The molecule has 0 amide bonds. The number of nitro benzene ring substituents is 1. The monoisotopic (exact) mass is 325 g/mol. The molecule has 0 aliphatic heterocycles. The average molecular weight is 326 g/mol. The number of non-ortho nitro benzene ring substituents is 1. The lowest BCUT2D eigenvalue weighted by Crippen LogP contribution is -2.35. The van der Waals surface area contributed by atoms with Gasteiger partial charge in [0, 0.05) is 25.2 Å². The molecular formula is C11H8BrN3O4. The molecule has 98 valence electrons. The summed E-state index contributed by atoms with van der Waals surface area (Å²) in [6, 6.07) is 6.53. The van der Waals surface area contributed by atoms with Gasteiger partial charge in [-0.25, -0.2) is 9.36 Å². The maximum absolute atomic E-state index is 12.0. The van der Waals surface area contributed by atoms with Crippen LogP contribution in [0.3, 0.4) is 0 Å². The summed E-state index contributed by atoms with van der Waals surface area (Å²) in [7, 11) is 1.44. The zero-order valence-corrected chi connectivity index (χ0v) is 11.3. The second kappa shape index (κ2) is 4.81. The van der Waals surface area contributed by atoms with E-state index in [1.165, 1.54) is 37.4 Å². The fraction of sp³-hybridized carbons (Fsp3) is 0.0909. The van der Waals surface area contributed by atoms with E-state index in [2.05, 4.69) is 15.9 Å². The molecule has 0 bridgehead atoms. The lowest BCUT2D eigenvalue weighted by atomic mass is 10.3. The third kappa shape index (κ3) is 2.34. The molecule has 0 fully saturated rings. The molecule has 0 spiro atoms. The van der Waals surface area contributed by atoms with Crippen molar-refractivity contribution < 1.29 is 4.92 Å². The summed E-state index contributed by atoms with van der Waals surface area (Å²) in [5, 5.41) is 10.6. The van der Waals surface area contributed by atoms with Crippen LogP contribution in [0.25, 0.3) is 5.69 Å². The number of nitro groups is 1. The van der Waals surface area contributed by atoms with Crippen LogP contribution < -0.4 is 11.1 Å². The zero-order chi connectivity index (χ0) is 14.2. The molecule has 1 aromatic carbocycles. The Bertz CT molecular complexity index is 761. The number of hydrogen-bond donors (Lipinski definition) is 0. The van der Waals surface area contributed by atoms with Crippen molar-refractivity contribution in [3.05, 3.63) is 65.6 Å². The molecule has 0 N–H and O–H groups in total. The molecule has 0 aliphatic carbocycles. The minimum atomic E-state index is -0.535. The molecule has 19 heavy (non-hydrogen) atoms. The largest absolute Gasteiger partial charge is 0.284 e. The second-order valence-electron chi connectivity index (χ2n) is 3.74. The Kier molecular flexibility index (Phi) is 3.34. The average Bonchev–Trinajstić information content (AvgIpc) is 2.37. The maximum atomic E-state index is 12.0. The van der Waals surface area contributed by atoms with Gasteiger partial charge in [0.1, 0.15) is 0 Å². The Morgan fingerprint density at radius 3 is 2.32 bits per heavy atom. The quantitative estimate of drug-likeness (QED) is 0.613. The van der Waals surface area contributed by atoms with Crippen molar-refractivity contribution in [2.45, 2.75) is 0 Å². The summed E-state index contributed by atoms with van der Waals surface area (Å²) >= 11 is 3.01. The molecule has 2 rings (SSSR count). The SMILES string of the molecule is Cn1c(=O)cc(Br)c(=O)n1-c1ccc([N+](=O)[O-])cc1. The highest BCUT2D eigenvalue weighted by molar-refractivity contribution is 9.10. The van der Waals surface area contributed by atoms with E-state index < -0.39 is 10.5 Å². The zero-order valence-electron chi connectivity index (χ0n) is 9.74. The number of halogens is 1. The summed E-state index contributed by atoms with van der Waals surface area (Å²) in [5.74, 6) is 0. The fourth-order valence-electron chi connectivity index (χ4n) is 1.61. The summed E-state index contributed by atoms with van der Waals surface area (Å²) < 4.78 is 2.40. The van der Waals surface area contributed by atoms with Crippen LogP contribution in [0.5, 0.6) is 0 Å². The number of benzene rings is 1. The maximum Gasteiger partial charge on any atom is 0.284 e. The van der Waals surface area contributed by atoms with E-state index in [1.54, 1.807) is 0 Å². The molecule has 2 aromatic rings. The lowest BCUT2D eigenvalue weighted by molar-refractivity contribution is -0.384. The van der Waals surface area contributed by atoms with E-state index in [1.807, 2.05) is 0 Å². The highest BCUT2D eigenvalue weighted by Gasteiger charge is 2.11. The van der Waals surface area contributed by atoms with Crippen LogP contribution in [-0.4, -0.2) is 14.3 Å². The first-order valence-electron chi connectivity index (χ1n) is 5.15. The standard InChI is InChI=1S/C11H8BrN3O4/c1-13-10(16)6-9(12)11(17)14(13)7-2-4-8(5-3-7)15(18)19/h2-6H,1H3. The third-order valence-electron chi connectivity index (χ3n) is 2.57. The van der Waals surface area contributed by atoms with Gasteiger partial charge < -0.3 is 0 Å². The van der Waals surface area contributed by atoms with Gasteiger partial charge in [0.15, 0.2) is 0 Å². The second-order valence-corrected chi connectivity index (χ2v) is 4.60. The van der Waals surface area contributed by atoms with Gasteiger partial charge in [-0.05, 0) is 28.1 Å². The van der Waals surface area contributed by atoms with E-state index >= 15 is 0 Å². The minimum absolute atomic E-state index is 0.0863. The van der Waals surface area contributed by atoms with Gasteiger partial charge in [-0.1, -0.05) is 0 Å². The molecule has 0 radical (unpaired) electrons. The molecule has 0 unspecified atom stereocenters. The molecule has 1 heterocycles. The Morgan fingerprint density at radius 2 is 1.79 bits per heavy atom. The molecule has 1 aromatic heterocycles. The van der Waals surface area contributed by atoms with Gasteiger partial charge in [0.25, 0.3) is 16.8 Å². The molecule has 7 nitrogen and oxygen atoms in total. The van der Waals surface area contributed by atoms with E-state index in [0.717, 1.165) is 9.36 Å². The van der Waals surface area contributed by atoms with Crippen molar-refractivity contribution in [3.8, 4) is 5.69 Å². The smallest absolute Gasteiger partial charge is 0.268 e. The van der Waals surface area contributed by atoms with Crippen molar-refractivity contribution >= 4 is 21.6 Å². The molecule has 8 heteroatoms. The van der Waals surface area contributed by atoms with Crippen molar-refractivity contribution in [1.82, 2.24) is 9.36 Å². The highest BCUT2D eigenvalue weighted by atomic mass is 79.9. The number of aromatic nitrogens is 2. The predicted molar refractivity (Wildman–Crippen MR) is 71.6 cm³/mol. The van der Waals surface area contributed by atoms with Crippen molar-refractivity contribution in [2.24, 2.45) is 7.05 Å². The Balaban J connectivity index is 2.69. The van der Waals surface area contributed by atoms with Crippen LogP contribution >= 0.6 is 15.9 Å². The van der Waals surface area contributed by atoms with Crippen LogP contribution in [0.15, 0.2) is 44.4 Å². The molecule has 0 saturated heterocycles. The van der Waals surface area contributed by atoms with Crippen LogP contribution in [-0.2, 0) is 7.05 Å². The van der Waals surface area contributed by atoms with Crippen LogP contribution in [0.4, 0.5) is 5.69 Å². The van der Waals surface area contributed by atoms with Crippen molar-refractivity contribution in [3.63, 3.8) is 0 Å². The topological polar surface area (TPSA) is 87.1 Å². The van der Waals surface area contributed by atoms with Crippen LogP contribution in [0, 0.1) is 10.1 Å². The summed E-state index contributed by atoms with van der Waals surface area (Å²) in [4.78, 5) is 33.6. The Morgan fingerprint density at radius 1 is 1.21 bits per heavy atom. The van der Waals surface area contributed by atoms with Gasteiger partial charge >= 0.3 is 0 Å². The van der Waals surface area contributed by atoms with Crippen molar-refractivity contribution in [1.29, 1.82) is 0 Å². The molecule has 0 saturated carbocycles. The van der Waals surface area contributed by atoms with Gasteiger partial charge in [-0.15, -0.1) is 0 Å². The summed E-state index contributed by atoms with van der Waals surface area (Å²) in [6.07, 6.45) is 0. The van der Waals surface area contributed by atoms with E-state index in [9.17, 15) is 19.7 Å². The lowest BCUT2D eigenvalue weighted by Gasteiger charge is -2.11. The Labute approximate surface area is 115 Å². The first kappa shape index (κ1) is 13.2. The predicted octanol–water partition coefficient (Wildman–Crippen LogP) is 1.21. The summed E-state index contributed by atoms with van der Waals surface area (Å²) in [6.45, 7) is 0. The third-order valence-corrected chi connectivity index (χ3v) is 3.14. The number of nitrogens with zero attached hydrogens (tertiary/aromatic N) is 3. The van der Waals surface area contributed by atoms with Crippen molar-refractivity contribution in [2.75, 3.05) is 0 Å². The first-order valence-corrected chi connectivity index (χ1v) is 5.95. The van der Waals surface area contributed by atoms with Crippen LogP contribution in [0.1, 0.15) is 0 Å². The number of hydrogen-bond acceptors (Lipinski definition) is 4. The van der Waals surface area contributed by atoms with Gasteiger partial charge in [-0.3, -0.25) is 19.7 Å². The van der Waals surface area contributed by atoms with Gasteiger partial charge in [0.05, 0.1) is 15.1 Å². The fourth-order valence-corrected chi connectivity index (χ4v) is 1.97. The molecule has 0 aliphatic rings. The minimum Gasteiger partial charge on any atom is -0.268 e. The van der Waals surface area contributed by atoms with Gasteiger partial charge in [-0.2, -0.15) is 0 Å². The highest BCUT2D eigenvalue weighted by Crippen LogP contribution is 2.14. The summed E-state index contributed by atoms with van der Waals surface area (Å²) in [5.41, 5.74) is -0.505. The van der Waals surface area contributed by atoms with Gasteiger partial charge in [0.2, 0.25) is 0 Å². The van der Waals surface area contributed by atoms with E-state index in [4.69, 9.17) is 0 Å². The normalized spacial score (nSPS) is 10.4. The Hall–Kier alpha value is -2.22. The number of rotatable bonds is 2.